The molecule has 18 heavy (non-hydrogen) atoms. The molecule has 0 aliphatic heterocycles. The summed E-state index contributed by atoms with van der Waals surface area (Å²) >= 11 is 9.68. The number of rotatable bonds is 3. The number of anilines is 1. The molecule has 0 atom stereocenters. The standard InChI is InChI=1S/C13H13BrClN3/c1-3-10-11(14)13(16-2)18-12(17-10)8-6-4-5-7-9(8)15/h4-7H,3H2,1-2H3,(H,16,17,18). The molecular weight excluding hydrogens is 314 g/mol. The predicted molar refractivity (Wildman–Crippen MR) is 79.1 cm³/mol. The fourth-order valence-corrected chi connectivity index (χ4v) is 2.53. The van der Waals surface area contributed by atoms with Gasteiger partial charge in [0.15, 0.2) is 5.82 Å². The number of aryl methyl sites for hydroxylation is 1. The van der Waals surface area contributed by atoms with E-state index in [2.05, 4.69) is 38.1 Å². The largest absolute Gasteiger partial charge is 0.372 e. The van der Waals surface area contributed by atoms with Crippen LogP contribution < -0.4 is 5.32 Å². The highest BCUT2D eigenvalue weighted by Crippen LogP contribution is 2.30. The van der Waals surface area contributed by atoms with Crippen LogP contribution in [0, 0.1) is 0 Å². The van der Waals surface area contributed by atoms with Gasteiger partial charge in [0.25, 0.3) is 0 Å². The third-order valence-electron chi connectivity index (χ3n) is 2.61. The molecule has 0 fully saturated rings. The van der Waals surface area contributed by atoms with Gasteiger partial charge in [-0.1, -0.05) is 30.7 Å². The van der Waals surface area contributed by atoms with Crippen LogP contribution in [0.5, 0.6) is 0 Å². The van der Waals surface area contributed by atoms with Crippen LogP contribution in [0.25, 0.3) is 11.4 Å². The Hall–Kier alpha value is -1.13. The molecule has 1 N–H and O–H groups in total. The number of hydrogen-bond acceptors (Lipinski definition) is 3. The van der Waals surface area contributed by atoms with E-state index in [-0.39, 0.29) is 0 Å². The van der Waals surface area contributed by atoms with Crippen molar-refractivity contribution < 1.29 is 0 Å². The van der Waals surface area contributed by atoms with Crippen LogP contribution >= 0.6 is 27.5 Å². The predicted octanol–water partition coefficient (Wildman–Crippen LogP) is 4.16. The van der Waals surface area contributed by atoms with Gasteiger partial charge in [0.2, 0.25) is 0 Å². The lowest BCUT2D eigenvalue weighted by atomic mass is 10.2. The van der Waals surface area contributed by atoms with Gasteiger partial charge in [0.05, 0.1) is 15.2 Å². The van der Waals surface area contributed by atoms with Gasteiger partial charge >= 0.3 is 0 Å². The molecule has 0 amide bonds. The third-order valence-corrected chi connectivity index (χ3v) is 3.77. The van der Waals surface area contributed by atoms with Gasteiger partial charge in [-0.2, -0.15) is 0 Å². The molecule has 1 aromatic carbocycles. The topological polar surface area (TPSA) is 37.8 Å². The van der Waals surface area contributed by atoms with Gasteiger partial charge in [-0.05, 0) is 34.5 Å². The van der Waals surface area contributed by atoms with E-state index in [0.717, 1.165) is 28.0 Å². The average Bonchev–Trinajstić information content (AvgIpc) is 2.40. The van der Waals surface area contributed by atoms with Crippen LogP contribution in [-0.4, -0.2) is 17.0 Å². The van der Waals surface area contributed by atoms with E-state index >= 15 is 0 Å². The quantitative estimate of drug-likeness (QED) is 0.920. The summed E-state index contributed by atoms with van der Waals surface area (Å²) in [7, 11) is 1.84. The zero-order chi connectivity index (χ0) is 13.1. The van der Waals surface area contributed by atoms with Crippen molar-refractivity contribution in [3.05, 3.63) is 39.5 Å². The first kappa shape index (κ1) is 13.3. The highest BCUT2D eigenvalue weighted by Gasteiger charge is 2.13. The van der Waals surface area contributed by atoms with E-state index in [9.17, 15) is 0 Å². The monoisotopic (exact) mass is 325 g/mol. The Balaban J connectivity index is 2.62. The van der Waals surface area contributed by atoms with Crippen molar-refractivity contribution in [2.75, 3.05) is 12.4 Å². The first-order chi connectivity index (χ1) is 8.67. The van der Waals surface area contributed by atoms with Crippen molar-refractivity contribution in [1.29, 1.82) is 0 Å². The zero-order valence-corrected chi connectivity index (χ0v) is 12.5. The van der Waals surface area contributed by atoms with E-state index in [1.165, 1.54) is 0 Å². The lowest BCUT2D eigenvalue weighted by Gasteiger charge is -2.10. The van der Waals surface area contributed by atoms with Crippen LogP contribution in [0.4, 0.5) is 5.82 Å². The fraction of sp³-hybridized carbons (Fsp3) is 0.231. The van der Waals surface area contributed by atoms with Crippen molar-refractivity contribution in [3.8, 4) is 11.4 Å². The minimum atomic E-state index is 0.644. The van der Waals surface area contributed by atoms with Gasteiger partial charge in [-0.25, -0.2) is 9.97 Å². The van der Waals surface area contributed by atoms with E-state index < -0.39 is 0 Å². The van der Waals surface area contributed by atoms with Crippen LogP contribution in [0.2, 0.25) is 5.02 Å². The summed E-state index contributed by atoms with van der Waals surface area (Å²) in [4.78, 5) is 9.02. The Bertz CT molecular complexity index is 547. The van der Waals surface area contributed by atoms with Gasteiger partial charge in [-0.15, -0.1) is 0 Å². The molecule has 3 nitrogen and oxygen atoms in total. The lowest BCUT2D eigenvalue weighted by molar-refractivity contribution is 0.991. The van der Waals surface area contributed by atoms with Crippen molar-refractivity contribution in [2.45, 2.75) is 13.3 Å². The Morgan fingerprint density at radius 3 is 2.61 bits per heavy atom. The van der Waals surface area contributed by atoms with Crippen LogP contribution in [0.15, 0.2) is 28.7 Å². The maximum atomic E-state index is 6.18. The molecule has 0 aliphatic carbocycles. The molecule has 1 aromatic heterocycles. The second-order valence-corrected chi connectivity index (χ2v) is 4.94. The summed E-state index contributed by atoms with van der Waals surface area (Å²) in [6.07, 6.45) is 0.829. The Morgan fingerprint density at radius 2 is 2.00 bits per heavy atom. The number of hydrogen-bond donors (Lipinski definition) is 1. The van der Waals surface area contributed by atoms with Crippen molar-refractivity contribution in [3.63, 3.8) is 0 Å². The number of nitrogens with one attached hydrogen (secondary N) is 1. The van der Waals surface area contributed by atoms with E-state index in [1.54, 1.807) is 0 Å². The highest BCUT2D eigenvalue weighted by atomic mass is 79.9. The molecule has 2 rings (SSSR count). The Kier molecular flexibility index (Phi) is 4.19. The molecule has 0 unspecified atom stereocenters. The summed E-state index contributed by atoms with van der Waals surface area (Å²) in [5.41, 5.74) is 1.81. The molecule has 0 saturated heterocycles. The maximum Gasteiger partial charge on any atom is 0.163 e. The lowest BCUT2D eigenvalue weighted by Crippen LogP contribution is -2.02. The summed E-state index contributed by atoms with van der Waals surface area (Å²) in [6, 6.07) is 7.58. The Labute approximate surface area is 120 Å². The van der Waals surface area contributed by atoms with Crippen molar-refractivity contribution >= 4 is 33.3 Å². The van der Waals surface area contributed by atoms with Crippen molar-refractivity contribution in [1.82, 2.24) is 9.97 Å². The molecule has 2 aromatic rings. The first-order valence-corrected chi connectivity index (χ1v) is 6.83. The second kappa shape index (κ2) is 5.67. The zero-order valence-electron chi connectivity index (χ0n) is 10.2. The first-order valence-electron chi connectivity index (χ1n) is 5.66. The number of halogens is 2. The normalized spacial score (nSPS) is 10.4. The molecule has 0 saturated carbocycles. The summed E-state index contributed by atoms with van der Waals surface area (Å²) < 4.78 is 0.906. The minimum absolute atomic E-state index is 0.644. The molecule has 0 radical (unpaired) electrons. The van der Waals surface area contributed by atoms with Gasteiger partial charge < -0.3 is 5.32 Å². The third kappa shape index (κ3) is 2.49. The SMILES string of the molecule is CCc1nc(-c2ccccc2Cl)nc(NC)c1Br. The van der Waals surface area contributed by atoms with E-state index in [1.807, 2.05) is 31.3 Å². The molecule has 0 spiro atoms. The molecule has 0 aliphatic rings. The number of benzene rings is 1. The van der Waals surface area contributed by atoms with E-state index in [0.29, 0.717) is 10.8 Å². The number of nitrogens with zero attached hydrogens (tertiary/aromatic N) is 2. The Morgan fingerprint density at radius 1 is 1.28 bits per heavy atom. The summed E-state index contributed by atoms with van der Waals surface area (Å²) in [5.74, 6) is 1.42. The van der Waals surface area contributed by atoms with Crippen LogP contribution in [0.3, 0.4) is 0 Å². The number of aromatic nitrogens is 2. The van der Waals surface area contributed by atoms with Crippen LogP contribution in [-0.2, 0) is 6.42 Å². The molecule has 0 bridgehead atoms. The minimum Gasteiger partial charge on any atom is -0.372 e. The molecular formula is C13H13BrClN3. The summed E-state index contributed by atoms with van der Waals surface area (Å²) in [5, 5.41) is 3.71. The maximum absolute atomic E-state index is 6.18. The van der Waals surface area contributed by atoms with E-state index in [4.69, 9.17) is 11.6 Å². The average molecular weight is 327 g/mol. The fourth-order valence-electron chi connectivity index (χ4n) is 1.66. The van der Waals surface area contributed by atoms with Gasteiger partial charge in [0.1, 0.15) is 5.82 Å². The molecule has 94 valence electrons. The van der Waals surface area contributed by atoms with Gasteiger partial charge in [0, 0.05) is 12.6 Å². The van der Waals surface area contributed by atoms with Gasteiger partial charge in [-0.3, -0.25) is 0 Å². The summed E-state index contributed by atoms with van der Waals surface area (Å²) in [6.45, 7) is 2.06. The highest BCUT2D eigenvalue weighted by molar-refractivity contribution is 9.10. The second-order valence-electron chi connectivity index (χ2n) is 3.74. The molecule has 5 heteroatoms. The van der Waals surface area contributed by atoms with Crippen LogP contribution in [0.1, 0.15) is 12.6 Å². The smallest absolute Gasteiger partial charge is 0.163 e. The molecule has 1 heterocycles. The van der Waals surface area contributed by atoms with Crippen molar-refractivity contribution in [2.24, 2.45) is 0 Å².